The number of thioether (sulfide) groups is 1. The van der Waals surface area contributed by atoms with Gasteiger partial charge in [0.1, 0.15) is 5.75 Å². The number of aryl methyl sites for hydroxylation is 1. The highest BCUT2D eigenvalue weighted by Gasteiger charge is 2.20. The van der Waals surface area contributed by atoms with Crippen molar-refractivity contribution in [3.63, 3.8) is 0 Å². The Labute approximate surface area is 177 Å². The number of nitrogens with zero attached hydrogens (tertiary/aromatic N) is 3. The van der Waals surface area contributed by atoms with Crippen molar-refractivity contribution in [2.45, 2.75) is 24.3 Å². The molecule has 2 aromatic heterocycles. The molecule has 1 amide bonds. The van der Waals surface area contributed by atoms with Crippen molar-refractivity contribution in [3.05, 3.63) is 59.1 Å². The largest absolute Gasteiger partial charge is 0.495 e. The molecule has 0 aliphatic heterocycles. The Kier molecular flexibility index (Phi) is 5.34. The van der Waals surface area contributed by atoms with Crippen molar-refractivity contribution in [2.24, 2.45) is 0 Å². The molecule has 1 atom stereocenters. The van der Waals surface area contributed by atoms with Gasteiger partial charge in [0.25, 0.3) is 0 Å². The summed E-state index contributed by atoms with van der Waals surface area (Å²) in [6, 6.07) is 15.2. The van der Waals surface area contributed by atoms with Crippen LogP contribution in [0.25, 0.3) is 16.6 Å². The van der Waals surface area contributed by atoms with Crippen LogP contribution in [0.3, 0.4) is 0 Å². The monoisotopic (exact) mass is 426 g/mol. The number of rotatable bonds is 5. The molecule has 29 heavy (non-hydrogen) atoms. The second-order valence-corrected chi connectivity index (χ2v) is 8.33. The summed E-state index contributed by atoms with van der Waals surface area (Å²) in [6.45, 7) is 3.89. The van der Waals surface area contributed by atoms with Gasteiger partial charge in [-0.15, -0.1) is 10.2 Å². The number of fused-ring (bicyclic) bond motifs is 3. The molecule has 148 valence electrons. The molecule has 2 heterocycles. The molecule has 0 aliphatic carbocycles. The van der Waals surface area contributed by atoms with Crippen molar-refractivity contribution in [1.29, 1.82) is 0 Å². The summed E-state index contributed by atoms with van der Waals surface area (Å²) in [5, 5.41) is 13.3. The van der Waals surface area contributed by atoms with Gasteiger partial charge in [0.05, 0.1) is 22.9 Å². The average Bonchev–Trinajstić information content (AvgIpc) is 3.10. The minimum Gasteiger partial charge on any atom is -0.495 e. The van der Waals surface area contributed by atoms with E-state index in [0.29, 0.717) is 21.6 Å². The smallest absolute Gasteiger partial charge is 0.237 e. The number of carbonyl (C=O) groups is 1. The van der Waals surface area contributed by atoms with Crippen LogP contribution in [-0.2, 0) is 4.79 Å². The van der Waals surface area contributed by atoms with Gasteiger partial charge in [-0.05, 0) is 49.7 Å². The summed E-state index contributed by atoms with van der Waals surface area (Å²) in [6.07, 6.45) is 0. The van der Waals surface area contributed by atoms with Crippen molar-refractivity contribution in [2.75, 3.05) is 12.4 Å². The summed E-state index contributed by atoms with van der Waals surface area (Å²) < 4.78 is 7.13. The van der Waals surface area contributed by atoms with Crippen molar-refractivity contribution < 1.29 is 9.53 Å². The molecule has 0 fully saturated rings. The number of nitrogens with one attached hydrogen (secondary N) is 1. The number of hydrogen-bond acceptors (Lipinski definition) is 5. The van der Waals surface area contributed by atoms with Gasteiger partial charge in [0, 0.05) is 11.1 Å². The first-order valence-electron chi connectivity index (χ1n) is 9.02. The van der Waals surface area contributed by atoms with Gasteiger partial charge in [-0.3, -0.25) is 9.20 Å². The third-order valence-corrected chi connectivity index (χ3v) is 5.98. The number of ether oxygens (including phenoxy) is 1. The third kappa shape index (κ3) is 3.75. The molecule has 4 rings (SSSR count). The first kappa shape index (κ1) is 19.5. The number of benzene rings is 2. The van der Waals surface area contributed by atoms with Crippen LogP contribution in [0.2, 0.25) is 5.02 Å². The van der Waals surface area contributed by atoms with E-state index in [4.69, 9.17) is 16.3 Å². The lowest BCUT2D eigenvalue weighted by Crippen LogP contribution is -2.22. The normalized spacial score (nSPS) is 12.3. The van der Waals surface area contributed by atoms with E-state index in [1.165, 1.54) is 11.8 Å². The van der Waals surface area contributed by atoms with Crippen LogP contribution < -0.4 is 10.1 Å². The topological polar surface area (TPSA) is 68.5 Å². The van der Waals surface area contributed by atoms with Crippen molar-refractivity contribution in [1.82, 2.24) is 14.6 Å². The van der Waals surface area contributed by atoms with Gasteiger partial charge in [-0.2, -0.15) is 0 Å². The van der Waals surface area contributed by atoms with Crippen molar-refractivity contribution >= 4 is 51.5 Å². The van der Waals surface area contributed by atoms with Crippen molar-refractivity contribution in [3.8, 4) is 5.75 Å². The number of aromatic nitrogens is 3. The van der Waals surface area contributed by atoms with Crippen LogP contribution in [0.4, 0.5) is 5.69 Å². The number of methoxy groups -OCH3 is 1. The maximum atomic E-state index is 12.7. The molecule has 0 saturated carbocycles. The zero-order valence-electron chi connectivity index (χ0n) is 16.1. The lowest BCUT2D eigenvalue weighted by Gasteiger charge is -2.13. The van der Waals surface area contributed by atoms with Crippen LogP contribution >= 0.6 is 23.4 Å². The van der Waals surface area contributed by atoms with E-state index < -0.39 is 0 Å². The highest BCUT2D eigenvalue weighted by Crippen LogP contribution is 2.30. The van der Waals surface area contributed by atoms with E-state index >= 15 is 0 Å². The molecule has 4 aromatic rings. The predicted molar refractivity (Wildman–Crippen MR) is 117 cm³/mol. The summed E-state index contributed by atoms with van der Waals surface area (Å²) in [7, 11) is 1.55. The third-order valence-electron chi connectivity index (χ3n) is 4.64. The lowest BCUT2D eigenvalue weighted by atomic mass is 10.1. The number of amides is 1. The molecular weight excluding hydrogens is 408 g/mol. The zero-order chi connectivity index (χ0) is 20.5. The highest BCUT2D eigenvalue weighted by atomic mass is 35.5. The van der Waals surface area contributed by atoms with E-state index in [9.17, 15) is 4.79 Å². The standard InChI is InChI=1S/C21H19ClN4O2S/c1-12-10-19-24-25-21(26(19)17-7-5-4-6-15(12)17)29-13(2)20(27)23-14-8-9-18(28-3)16(22)11-14/h4-11,13H,1-3H3,(H,23,27). The highest BCUT2D eigenvalue weighted by molar-refractivity contribution is 8.00. The Hall–Kier alpha value is -2.77. The number of halogens is 1. The quantitative estimate of drug-likeness (QED) is 0.456. The van der Waals surface area contributed by atoms with Crippen LogP contribution in [0, 0.1) is 6.92 Å². The maximum Gasteiger partial charge on any atom is 0.237 e. The summed E-state index contributed by atoms with van der Waals surface area (Å²) in [5.74, 6) is 0.411. The predicted octanol–water partition coefficient (Wildman–Crippen LogP) is 4.97. The summed E-state index contributed by atoms with van der Waals surface area (Å²) in [4.78, 5) is 12.7. The molecule has 0 bridgehead atoms. The minimum atomic E-state index is -0.386. The Morgan fingerprint density at radius 3 is 2.76 bits per heavy atom. The fraction of sp³-hybridized carbons (Fsp3) is 0.190. The SMILES string of the molecule is COc1ccc(NC(=O)C(C)Sc2nnc3cc(C)c4ccccc4n23)cc1Cl. The molecule has 0 aliphatic rings. The number of anilines is 1. The fourth-order valence-electron chi connectivity index (χ4n) is 3.15. The Morgan fingerprint density at radius 1 is 1.21 bits per heavy atom. The van der Waals surface area contributed by atoms with E-state index in [-0.39, 0.29) is 11.2 Å². The molecule has 8 heteroatoms. The zero-order valence-corrected chi connectivity index (χ0v) is 17.7. The summed E-state index contributed by atoms with van der Waals surface area (Å²) in [5.41, 5.74) is 3.53. The number of pyridine rings is 1. The van der Waals surface area contributed by atoms with Crippen LogP contribution in [0.15, 0.2) is 53.7 Å². The molecule has 2 aromatic carbocycles. The van der Waals surface area contributed by atoms with Gasteiger partial charge in [-0.25, -0.2) is 0 Å². The summed E-state index contributed by atoms with van der Waals surface area (Å²) >= 11 is 7.50. The average molecular weight is 427 g/mol. The molecule has 0 saturated heterocycles. The van der Waals surface area contributed by atoms with E-state index in [0.717, 1.165) is 22.1 Å². The molecular formula is C21H19ClN4O2S. The first-order chi connectivity index (χ1) is 14.0. The van der Waals surface area contributed by atoms with E-state index in [2.05, 4.69) is 28.5 Å². The molecule has 0 radical (unpaired) electrons. The maximum absolute atomic E-state index is 12.7. The van der Waals surface area contributed by atoms with Gasteiger partial charge in [0.15, 0.2) is 10.8 Å². The minimum absolute atomic E-state index is 0.149. The molecule has 1 N–H and O–H groups in total. The van der Waals surface area contributed by atoms with Gasteiger partial charge in [-0.1, -0.05) is 41.6 Å². The van der Waals surface area contributed by atoms with Crippen LogP contribution in [0.5, 0.6) is 5.75 Å². The number of para-hydroxylation sites is 1. The van der Waals surface area contributed by atoms with Crippen LogP contribution in [-0.4, -0.2) is 32.9 Å². The van der Waals surface area contributed by atoms with Crippen LogP contribution in [0.1, 0.15) is 12.5 Å². The van der Waals surface area contributed by atoms with Gasteiger partial charge >= 0.3 is 0 Å². The van der Waals surface area contributed by atoms with E-state index in [1.54, 1.807) is 25.3 Å². The Morgan fingerprint density at radius 2 is 2.00 bits per heavy atom. The van der Waals surface area contributed by atoms with E-state index in [1.807, 2.05) is 35.6 Å². The van der Waals surface area contributed by atoms with Gasteiger partial charge < -0.3 is 10.1 Å². The molecule has 0 spiro atoms. The lowest BCUT2D eigenvalue weighted by molar-refractivity contribution is -0.115. The van der Waals surface area contributed by atoms with Gasteiger partial charge in [0.2, 0.25) is 5.91 Å². The fourth-order valence-corrected chi connectivity index (χ4v) is 4.28. The number of hydrogen-bond donors (Lipinski definition) is 1. The first-order valence-corrected chi connectivity index (χ1v) is 10.3. The Balaban J connectivity index is 1.59. The second-order valence-electron chi connectivity index (χ2n) is 6.62. The number of carbonyl (C=O) groups excluding carboxylic acids is 1. The second kappa shape index (κ2) is 7.93. The Bertz CT molecular complexity index is 1220. The molecule has 1 unspecified atom stereocenters. The molecule has 6 nitrogen and oxygen atoms in total.